The number of carbonyl (C=O) groups is 1. The van der Waals surface area contributed by atoms with Crippen molar-refractivity contribution < 1.29 is 13.9 Å². The van der Waals surface area contributed by atoms with Gasteiger partial charge in [-0.2, -0.15) is 0 Å². The number of carbonyl (C=O) groups excluding carboxylic acids is 1. The molecule has 24 heavy (non-hydrogen) atoms. The number of aromatic nitrogens is 1. The summed E-state index contributed by atoms with van der Waals surface area (Å²) in [5.41, 5.74) is 4.37. The lowest BCUT2D eigenvalue weighted by molar-refractivity contribution is 0.0526. The van der Waals surface area contributed by atoms with E-state index in [0.29, 0.717) is 29.4 Å². The molecular weight excluding hydrogens is 302 g/mol. The minimum Gasteiger partial charge on any atom is -0.462 e. The van der Waals surface area contributed by atoms with Crippen LogP contribution in [0.4, 0.5) is 0 Å². The van der Waals surface area contributed by atoms with Crippen LogP contribution in [0.2, 0.25) is 0 Å². The molecule has 0 amide bonds. The van der Waals surface area contributed by atoms with Gasteiger partial charge in [-0.05, 0) is 62.4 Å². The number of furan rings is 1. The summed E-state index contributed by atoms with van der Waals surface area (Å²) in [6, 6.07) is 10.0. The molecule has 4 heteroatoms. The Balaban J connectivity index is 1.76. The molecule has 1 aliphatic rings. The number of fused-ring (bicyclic) bond motifs is 1. The molecule has 2 heterocycles. The van der Waals surface area contributed by atoms with Gasteiger partial charge >= 0.3 is 5.97 Å². The first-order chi connectivity index (χ1) is 11.7. The maximum Gasteiger partial charge on any atom is 0.342 e. The third kappa shape index (κ3) is 2.58. The standard InChI is InChI=1S/C20H19NO3/c1-3-23-20(22)19-12(2)24-18-9-7-14(10-16(18)19)17-8-6-15(11-21-17)13-4-5-13/h6-11,13H,3-5H2,1-2H3. The molecule has 0 aliphatic heterocycles. The Hall–Kier alpha value is -2.62. The summed E-state index contributed by atoms with van der Waals surface area (Å²) in [6.45, 7) is 3.93. The highest BCUT2D eigenvalue weighted by Crippen LogP contribution is 2.40. The molecule has 0 bridgehead atoms. The fraction of sp³-hybridized carbons (Fsp3) is 0.300. The maximum atomic E-state index is 12.2. The Morgan fingerprint density at radius 3 is 2.79 bits per heavy atom. The van der Waals surface area contributed by atoms with Gasteiger partial charge in [-0.3, -0.25) is 4.98 Å². The molecule has 1 aliphatic carbocycles. The summed E-state index contributed by atoms with van der Waals surface area (Å²) in [6.07, 6.45) is 4.50. The van der Waals surface area contributed by atoms with Crippen molar-refractivity contribution in [2.24, 2.45) is 0 Å². The second-order valence-corrected chi connectivity index (χ2v) is 6.22. The highest BCUT2D eigenvalue weighted by Gasteiger charge is 2.24. The van der Waals surface area contributed by atoms with Gasteiger partial charge in [0.25, 0.3) is 0 Å². The van der Waals surface area contributed by atoms with Crippen LogP contribution in [0.15, 0.2) is 40.9 Å². The first kappa shape index (κ1) is 14.9. The number of hydrogen-bond acceptors (Lipinski definition) is 4. The molecule has 0 saturated heterocycles. The van der Waals surface area contributed by atoms with E-state index in [-0.39, 0.29) is 5.97 Å². The van der Waals surface area contributed by atoms with E-state index in [2.05, 4.69) is 11.1 Å². The molecule has 4 rings (SSSR count). The third-order valence-electron chi connectivity index (χ3n) is 4.47. The van der Waals surface area contributed by atoms with Crippen molar-refractivity contribution in [2.45, 2.75) is 32.6 Å². The summed E-state index contributed by atoms with van der Waals surface area (Å²) in [4.78, 5) is 16.8. The van der Waals surface area contributed by atoms with Crippen molar-refractivity contribution in [3.63, 3.8) is 0 Å². The molecule has 0 atom stereocenters. The van der Waals surface area contributed by atoms with E-state index in [1.165, 1.54) is 18.4 Å². The monoisotopic (exact) mass is 321 g/mol. The highest BCUT2D eigenvalue weighted by atomic mass is 16.5. The second-order valence-electron chi connectivity index (χ2n) is 6.22. The molecule has 122 valence electrons. The Morgan fingerprint density at radius 1 is 1.29 bits per heavy atom. The lowest BCUT2D eigenvalue weighted by atomic mass is 10.0. The van der Waals surface area contributed by atoms with Crippen molar-refractivity contribution in [1.29, 1.82) is 0 Å². The number of pyridine rings is 1. The number of rotatable bonds is 4. The number of nitrogens with zero attached hydrogens (tertiary/aromatic N) is 1. The van der Waals surface area contributed by atoms with Crippen LogP contribution >= 0.6 is 0 Å². The second kappa shape index (κ2) is 5.78. The maximum absolute atomic E-state index is 12.2. The SMILES string of the molecule is CCOC(=O)c1c(C)oc2ccc(-c3ccc(C4CC4)cn3)cc12. The predicted molar refractivity (Wildman–Crippen MR) is 92.1 cm³/mol. The largest absolute Gasteiger partial charge is 0.462 e. The summed E-state index contributed by atoms with van der Waals surface area (Å²) >= 11 is 0. The van der Waals surface area contributed by atoms with Crippen molar-refractivity contribution in [1.82, 2.24) is 4.98 Å². The molecule has 1 fully saturated rings. The number of hydrogen-bond donors (Lipinski definition) is 0. The van der Waals surface area contributed by atoms with Crippen molar-refractivity contribution in [3.05, 3.63) is 53.4 Å². The summed E-state index contributed by atoms with van der Waals surface area (Å²) < 4.78 is 10.9. The van der Waals surface area contributed by atoms with E-state index in [4.69, 9.17) is 9.15 Å². The van der Waals surface area contributed by atoms with Gasteiger partial charge < -0.3 is 9.15 Å². The smallest absolute Gasteiger partial charge is 0.342 e. The van der Waals surface area contributed by atoms with Crippen molar-refractivity contribution >= 4 is 16.9 Å². The normalized spacial score (nSPS) is 14.1. The van der Waals surface area contributed by atoms with Crippen LogP contribution in [0.25, 0.3) is 22.2 Å². The van der Waals surface area contributed by atoms with Crippen LogP contribution in [0.3, 0.4) is 0 Å². The van der Waals surface area contributed by atoms with E-state index >= 15 is 0 Å². The zero-order chi connectivity index (χ0) is 16.7. The zero-order valence-electron chi connectivity index (χ0n) is 13.8. The number of esters is 1. The minimum absolute atomic E-state index is 0.342. The Kier molecular flexibility index (Phi) is 3.60. The average Bonchev–Trinajstić information content (AvgIpc) is 3.37. The van der Waals surface area contributed by atoms with Gasteiger partial charge in [-0.25, -0.2) is 4.79 Å². The lowest BCUT2D eigenvalue weighted by Gasteiger charge is -2.04. The first-order valence-electron chi connectivity index (χ1n) is 8.34. The van der Waals surface area contributed by atoms with Gasteiger partial charge in [-0.1, -0.05) is 6.07 Å². The Morgan fingerprint density at radius 2 is 2.12 bits per heavy atom. The molecule has 0 spiro atoms. The first-order valence-corrected chi connectivity index (χ1v) is 8.34. The van der Waals surface area contributed by atoms with Crippen LogP contribution in [0.5, 0.6) is 0 Å². The van der Waals surface area contributed by atoms with E-state index in [9.17, 15) is 4.79 Å². The zero-order valence-corrected chi connectivity index (χ0v) is 13.8. The van der Waals surface area contributed by atoms with Gasteiger partial charge in [0.1, 0.15) is 16.9 Å². The third-order valence-corrected chi connectivity index (χ3v) is 4.47. The van der Waals surface area contributed by atoms with Crippen molar-refractivity contribution in [2.75, 3.05) is 6.61 Å². The molecule has 0 radical (unpaired) electrons. The van der Waals surface area contributed by atoms with Crippen LogP contribution in [0.1, 0.15) is 47.4 Å². The van der Waals surface area contributed by atoms with Gasteiger partial charge in [0.2, 0.25) is 0 Å². The fourth-order valence-electron chi connectivity index (χ4n) is 3.07. The number of aryl methyl sites for hydroxylation is 1. The van der Waals surface area contributed by atoms with Gasteiger partial charge in [0.05, 0.1) is 12.3 Å². The fourth-order valence-corrected chi connectivity index (χ4v) is 3.07. The van der Waals surface area contributed by atoms with E-state index in [1.54, 1.807) is 13.8 Å². The van der Waals surface area contributed by atoms with E-state index in [1.807, 2.05) is 30.5 Å². The molecule has 0 N–H and O–H groups in total. The molecule has 0 unspecified atom stereocenters. The Labute approximate surface area is 140 Å². The summed E-state index contributed by atoms with van der Waals surface area (Å²) in [5, 5.41) is 0.775. The van der Waals surface area contributed by atoms with Crippen molar-refractivity contribution in [3.8, 4) is 11.3 Å². The Bertz CT molecular complexity index is 905. The molecule has 3 aromatic rings. The highest BCUT2D eigenvalue weighted by molar-refractivity contribution is 6.05. The number of benzene rings is 1. The minimum atomic E-state index is -0.344. The van der Waals surface area contributed by atoms with Crippen LogP contribution in [0, 0.1) is 6.92 Å². The van der Waals surface area contributed by atoms with E-state index < -0.39 is 0 Å². The molecule has 4 nitrogen and oxygen atoms in total. The lowest BCUT2D eigenvalue weighted by Crippen LogP contribution is -2.05. The summed E-state index contributed by atoms with van der Waals surface area (Å²) in [5.74, 6) is 0.932. The summed E-state index contributed by atoms with van der Waals surface area (Å²) in [7, 11) is 0. The molecule has 2 aromatic heterocycles. The van der Waals surface area contributed by atoms with Gasteiger partial charge in [0.15, 0.2) is 0 Å². The quantitative estimate of drug-likeness (QED) is 0.644. The topological polar surface area (TPSA) is 52.3 Å². The molecule has 1 aromatic carbocycles. The molecule has 1 saturated carbocycles. The van der Waals surface area contributed by atoms with Crippen LogP contribution in [-0.4, -0.2) is 17.6 Å². The molecular formula is C20H19NO3. The van der Waals surface area contributed by atoms with Gasteiger partial charge in [-0.15, -0.1) is 0 Å². The van der Waals surface area contributed by atoms with Crippen LogP contribution < -0.4 is 0 Å². The average molecular weight is 321 g/mol. The van der Waals surface area contributed by atoms with Crippen LogP contribution in [-0.2, 0) is 4.74 Å². The predicted octanol–water partition coefficient (Wildman–Crippen LogP) is 4.86. The number of ether oxygens (including phenoxy) is 1. The van der Waals surface area contributed by atoms with E-state index in [0.717, 1.165) is 16.6 Å². The van der Waals surface area contributed by atoms with Gasteiger partial charge in [0, 0.05) is 17.1 Å².